The standard InChI is InChI=1S/C15H14N2O3S/c1-9(18)11-4-3-5-12(8-11)17-15(20)13-6-7-14(21-13)16-10(2)19/h3-8H,1-2H3,(H,16,19)(H,17,20). The van der Waals surface area contributed by atoms with E-state index in [4.69, 9.17) is 0 Å². The van der Waals surface area contributed by atoms with Crippen molar-refractivity contribution >= 4 is 39.6 Å². The smallest absolute Gasteiger partial charge is 0.265 e. The number of hydrogen-bond donors (Lipinski definition) is 2. The molecule has 1 heterocycles. The molecule has 1 aromatic heterocycles. The van der Waals surface area contributed by atoms with Crippen LogP contribution in [0.25, 0.3) is 0 Å². The minimum Gasteiger partial charge on any atom is -0.321 e. The van der Waals surface area contributed by atoms with Gasteiger partial charge in [0.25, 0.3) is 5.91 Å². The average molecular weight is 302 g/mol. The molecule has 5 nitrogen and oxygen atoms in total. The second kappa shape index (κ2) is 6.32. The molecule has 0 atom stereocenters. The van der Waals surface area contributed by atoms with Gasteiger partial charge in [0.2, 0.25) is 5.91 Å². The third kappa shape index (κ3) is 4.00. The highest BCUT2D eigenvalue weighted by molar-refractivity contribution is 7.18. The Kier molecular flexibility index (Phi) is 4.49. The maximum Gasteiger partial charge on any atom is 0.265 e. The summed E-state index contributed by atoms with van der Waals surface area (Å²) in [5.41, 5.74) is 1.10. The maximum atomic E-state index is 12.1. The lowest BCUT2D eigenvalue weighted by Crippen LogP contribution is -2.10. The number of Topliss-reactive ketones (excluding diaryl/α,β-unsaturated/α-hetero) is 1. The lowest BCUT2D eigenvalue weighted by atomic mass is 10.1. The Bertz CT molecular complexity index is 706. The molecule has 21 heavy (non-hydrogen) atoms. The first-order valence-electron chi connectivity index (χ1n) is 6.25. The number of rotatable bonds is 4. The molecule has 0 radical (unpaired) electrons. The van der Waals surface area contributed by atoms with E-state index >= 15 is 0 Å². The highest BCUT2D eigenvalue weighted by Crippen LogP contribution is 2.23. The van der Waals surface area contributed by atoms with Gasteiger partial charge in [-0.05, 0) is 31.2 Å². The van der Waals surface area contributed by atoms with Crippen molar-refractivity contribution < 1.29 is 14.4 Å². The predicted octanol–water partition coefficient (Wildman–Crippen LogP) is 3.16. The van der Waals surface area contributed by atoms with Crippen LogP contribution in [0.3, 0.4) is 0 Å². The summed E-state index contributed by atoms with van der Waals surface area (Å²) in [5.74, 6) is -0.523. The van der Waals surface area contributed by atoms with Crippen molar-refractivity contribution in [1.82, 2.24) is 0 Å². The van der Waals surface area contributed by atoms with Crippen LogP contribution in [0.15, 0.2) is 36.4 Å². The molecule has 0 aliphatic rings. The van der Waals surface area contributed by atoms with Crippen LogP contribution in [0.4, 0.5) is 10.7 Å². The highest BCUT2D eigenvalue weighted by atomic mass is 32.1. The molecule has 6 heteroatoms. The largest absolute Gasteiger partial charge is 0.321 e. The molecule has 0 unspecified atom stereocenters. The van der Waals surface area contributed by atoms with Crippen LogP contribution in [0.1, 0.15) is 33.9 Å². The quantitative estimate of drug-likeness (QED) is 0.852. The zero-order valence-electron chi connectivity index (χ0n) is 11.6. The minimum atomic E-state index is -0.280. The molecule has 2 rings (SSSR count). The SMILES string of the molecule is CC(=O)Nc1ccc(C(=O)Nc2cccc(C(C)=O)c2)s1. The first-order valence-corrected chi connectivity index (χ1v) is 7.07. The van der Waals surface area contributed by atoms with E-state index in [1.54, 1.807) is 36.4 Å². The van der Waals surface area contributed by atoms with Crippen LogP contribution < -0.4 is 10.6 Å². The summed E-state index contributed by atoms with van der Waals surface area (Å²) >= 11 is 1.19. The van der Waals surface area contributed by atoms with Crippen molar-refractivity contribution in [3.05, 3.63) is 46.8 Å². The van der Waals surface area contributed by atoms with Crippen LogP contribution in [-0.2, 0) is 4.79 Å². The van der Waals surface area contributed by atoms with E-state index in [2.05, 4.69) is 10.6 Å². The topological polar surface area (TPSA) is 75.3 Å². The van der Waals surface area contributed by atoms with Crippen LogP contribution >= 0.6 is 11.3 Å². The molecule has 2 N–H and O–H groups in total. The van der Waals surface area contributed by atoms with Gasteiger partial charge in [-0.2, -0.15) is 0 Å². The molecule has 108 valence electrons. The van der Waals surface area contributed by atoms with Gasteiger partial charge in [-0.1, -0.05) is 12.1 Å². The number of nitrogens with one attached hydrogen (secondary N) is 2. The van der Waals surface area contributed by atoms with Crippen molar-refractivity contribution in [3.63, 3.8) is 0 Å². The number of amides is 2. The number of benzene rings is 1. The Balaban J connectivity index is 2.10. The van der Waals surface area contributed by atoms with Crippen LogP contribution in [0, 0.1) is 0 Å². The molecular weight excluding hydrogens is 288 g/mol. The van der Waals surface area contributed by atoms with Crippen molar-refractivity contribution in [1.29, 1.82) is 0 Å². The van der Waals surface area contributed by atoms with Gasteiger partial charge < -0.3 is 10.6 Å². The van der Waals surface area contributed by atoms with E-state index < -0.39 is 0 Å². The fourth-order valence-corrected chi connectivity index (χ4v) is 2.56. The van der Waals surface area contributed by atoms with Crippen molar-refractivity contribution in [2.24, 2.45) is 0 Å². The Hall–Kier alpha value is -2.47. The van der Waals surface area contributed by atoms with Gasteiger partial charge in [-0.25, -0.2) is 0 Å². The summed E-state index contributed by atoms with van der Waals surface area (Å²) in [7, 11) is 0. The van der Waals surface area contributed by atoms with Crippen LogP contribution in [0.2, 0.25) is 0 Å². The van der Waals surface area contributed by atoms with Crippen molar-refractivity contribution in [2.45, 2.75) is 13.8 Å². The zero-order chi connectivity index (χ0) is 15.4. The summed E-state index contributed by atoms with van der Waals surface area (Å²) in [6.45, 7) is 2.88. The molecular formula is C15H14N2O3S. The molecule has 0 saturated heterocycles. The average Bonchev–Trinajstić information content (AvgIpc) is 2.86. The summed E-state index contributed by atoms with van der Waals surface area (Å²) < 4.78 is 0. The molecule has 2 amide bonds. The van der Waals surface area contributed by atoms with Gasteiger partial charge in [-0.15, -0.1) is 11.3 Å². The lowest BCUT2D eigenvalue weighted by Gasteiger charge is -2.04. The Morgan fingerprint density at radius 2 is 1.76 bits per heavy atom. The highest BCUT2D eigenvalue weighted by Gasteiger charge is 2.11. The molecule has 0 aliphatic carbocycles. The van der Waals surface area contributed by atoms with E-state index in [1.807, 2.05) is 0 Å². The Labute approximate surface area is 126 Å². The third-order valence-electron chi connectivity index (χ3n) is 2.66. The predicted molar refractivity (Wildman–Crippen MR) is 83.0 cm³/mol. The molecule has 0 saturated carbocycles. The number of carbonyl (C=O) groups excluding carboxylic acids is 3. The summed E-state index contributed by atoms with van der Waals surface area (Å²) in [6.07, 6.45) is 0. The third-order valence-corrected chi connectivity index (χ3v) is 3.66. The van der Waals surface area contributed by atoms with Gasteiger partial charge in [0.05, 0.1) is 9.88 Å². The van der Waals surface area contributed by atoms with Gasteiger partial charge in [0.15, 0.2) is 5.78 Å². The van der Waals surface area contributed by atoms with E-state index in [9.17, 15) is 14.4 Å². The summed E-state index contributed by atoms with van der Waals surface area (Å²) in [6, 6.07) is 10.1. The Morgan fingerprint density at radius 1 is 1.00 bits per heavy atom. The lowest BCUT2D eigenvalue weighted by molar-refractivity contribution is -0.114. The second-order valence-electron chi connectivity index (χ2n) is 4.44. The number of carbonyl (C=O) groups is 3. The summed E-state index contributed by atoms with van der Waals surface area (Å²) in [4.78, 5) is 34.8. The fourth-order valence-electron chi connectivity index (χ4n) is 1.71. The molecule has 1 aromatic carbocycles. The molecule has 0 fully saturated rings. The molecule has 0 spiro atoms. The molecule has 0 bridgehead atoms. The van der Waals surface area contributed by atoms with Crippen LogP contribution in [-0.4, -0.2) is 17.6 Å². The van der Waals surface area contributed by atoms with Crippen molar-refractivity contribution in [2.75, 3.05) is 10.6 Å². The van der Waals surface area contributed by atoms with Gasteiger partial charge in [-0.3, -0.25) is 14.4 Å². The number of thiophene rings is 1. The minimum absolute atomic E-state index is 0.0600. The van der Waals surface area contributed by atoms with Gasteiger partial charge in [0.1, 0.15) is 0 Å². The van der Waals surface area contributed by atoms with E-state index in [0.29, 0.717) is 21.1 Å². The zero-order valence-corrected chi connectivity index (χ0v) is 12.4. The number of anilines is 2. The van der Waals surface area contributed by atoms with Gasteiger partial charge >= 0.3 is 0 Å². The fraction of sp³-hybridized carbons (Fsp3) is 0.133. The monoisotopic (exact) mass is 302 g/mol. The molecule has 0 aliphatic heterocycles. The number of hydrogen-bond acceptors (Lipinski definition) is 4. The van der Waals surface area contributed by atoms with E-state index in [1.165, 1.54) is 25.2 Å². The molecule has 2 aromatic rings. The van der Waals surface area contributed by atoms with E-state index in [0.717, 1.165) is 0 Å². The van der Waals surface area contributed by atoms with Crippen molar-refractivity contribution in [3.8, 4) is 0 Å². The first-order chi connectivity index (χ1) is 9.95. The normalized spacial score (nSPS) is 10.0. The first kappa shape index (κ1) is 14.9. The number of ketones is 1. The maximum absolute atomic E-state index is 12.1. The van der Waals surface area contributed by atoms with Gasteiger partial charge in [0, 0.05) is 18.2 Å². The van der Waals surface area contributed by atoms with Crippen LogP contribution in [0.5, 0.6) is 0 Å². The second-order valence-corrected chi connectivity index (χ2v) is 5.52. The van der Waals surface area contributed by atoms with E-state index in [-0.39, 0.29) is 17.6 Å². The summed E-state index contributed by atoms with van der Waals surface area (Å²) in [5, 5.41) is 5.97. The Morgan fingerprint density at radius 3 is 2.43 bits per heavy atom.